The number of aryl methyl sites for hydroxylation is 1. The van der Waals surface area contributed by atoms with Gasteiger partial charge in [-0.3, -0.25) is 4.79 Å². The molecule has 1 aliphatic rings. The molecule has 1 heterocycles. The van der Waals surface area contributed by atoms with Crippen LogP contribution in [0.4, 0.5) is 0 Å². The van der Waals surface area contributed by atoms with E-state index in [1.165, 1.54) is 11.2 Å². The number of carbonyl (C=O) groups excluding carboxylic acids is 1. The molecule has 1 aliphatic carbocycles. The molecule has 0 spiro atoms. The third kappa shape index (κ3) is 2.49. The third-order valence-corrected chi connectivity index (χ3v) is 2.52. The van der Waals surface area contributed by atoms with Crippen LogP contribution < -0.4 is 0 Å². The largest absolute Gasteiger partial charge is 0.294 e. The highest BCUT2D eigenvalue weighted by Crippen LogP contribution is 2.18. The summed E-state index contributed by atoms with van der Waals surface area (Å²) in [5.74, 6) is 0.650. The Morgan fingerprint density at radius 2 is 2.40 bits per heavy atom. The summed E-state index contributed by atoms with van der Waals surface area (Å²) in [5, 5.41) is 11.5. The van der Waals surface area contributed by atoms with Gasteiger partial charge in [-0.05, 0) is 36.5 Å². The Labute approximate surface area is 88.2 Å². The minimum absolute atomic E-state index is 0.141. The third-order valence-electron chi connectivity index (χ3n) is 2.52. The molecule has 0 saturated heterocycles. The molecule has 15 heavy (non-hydrogen) atoms. The van der Waals surface area contributed by atoms with Crippen molar-refractivity contribution in [3.05, 3.63) is 17.5 Å². The fourth-order valence-electron chi connectivity index (χ4n) is 1.74. The Balaban J connectivity index is 2.00. The van der Waals surface area contributed by atoms with Gasteiger partial charge in [0, 0.05) is 0 Å². The predicted molar refractivity (Wildman–Crippen MR) is 54.1 cm³/mol. The van der Waals surface area contributed by atoms with Gasteiger partial charge in [-0.1, -0.05) is 6.08 Å². The highest BCUT2D eigenvalue weighted by molar-refractivity contribution is 5.96. The van der Waals surface area contributed by atoms with E-state index >= 15 is 0 Å². The van der Waals surface area contributed by atoms with Crippen LogP contribution in [0.5, 0.6) is 0 Å². The van der Waals surface area contributed by atoms with E-state index in [0.717, 1.165) is 24.8 Å². The Morgan fingerprint density at radius 3 is 3.00 bits per heavy atom. The molecular formula is C10H14N4O. The van der Waals surface area contributed by atoms with Crippen LogP contribution in [-0.2, 0) is 18.3 Å². The molecule has 5 nitrogen and oxygen atoms in total. The molecule has 0 aliphatic heterocycles. The zero-order chi connectivity index (χ0) is 10.7. The molecule has 1 aromatic heterocycles. The number of hydrogen-bond acceptors (Lipinski definition) is 4. The number of allylic oxidation sites excluding steroid dienone is 2. The van der Waals surface area contributed by atoms with E-state index < -0.39 is 0 Å². The summed E-state index contributed by atoms with van der Waals surface area (Å²) in [4.78, 5) is 13.2. The second kappa shape index (κ2) is 4.33. The number of aromatic nitrogens is 4. The standard InChI is InChI=1S/C10H14N4O/c1-14-12-10(11-13-14)7-9(15)8-5-3-2-4-6-8/h5H,2-4,6-7H2,1H3. The molecule has 0 unspecified atom stereocenters. The molecule has 0 atom stereocenters. The van der Waals surface area contributed by atoms with E-state index in [1.807, 2.05) is 6.08 Å². The first-order valence-electron chi connectivity index (χ1n) is 5.21. The zero-order valence-electron chi connectivity index (χ0n) is 8.81. The summed E-state index contributed by atoms with van der Waals surface area (Å²) in [6, 6.07) is 0. The maximum atomic E-state index is 11.8. The maximum Gasteiger partial charge on any atom is 0.182 e. The molecule has 0 radical (unpaired) electrons. The molecule has 0 N–H and O–H groups in total. The molecule has 5 heteroatoms. The summed E-state index contributed by atoms with van der Waals surface area (Å²) in [6.07, 6.45) is 6.56. The van der Waals surface area contributed by atoms with Gasteiger partial charge in [0.15, 0.2) is 11.6 Å². The normalized spacial score (nSPS) is 16.2. The minimum atomic E-state index is 0.141. The molecular weight excluding hydrogens is 192 g/mol. The molecule has 0 fully saturated rings. The van der Waals surface area contributed by atoms with Gasteiger partial charge < -0.3 is 0 Å². The number of rotatable bonds is 3. The lowest BCUT2D eigenvalue weighted by Crippen LogP contribution is -2.10. The average Bonchev–Trinajstić information content (AvgIpc) is 2.65. The Bertz CT molecular complexity index is 394. The Hall–Kier alpha value is -1.52. The van der Waals surface area contributed by atoms with Crippen molar-refractivity contribution in [2.24, 2.45) is 7.05 Å². The van der Waals surface area contributed by atoms with Crippen LogP contribution in [-0.4, -0.2) is 26.0 Å². The summed E-state index contributed by atoms with van der Waals surface area (Å²) >= 11 is 0. The van der Waals surface area contributed by atoms with Gasteiger partial charge in [-0.15, -0.1) is 10.2 Å². The lowest BCUT2D eigenvalue weighted by atomic mass is 9.95. The van der Waals surface area contributed by atoms with Crippen molar-refractivity contribution in [1.29, 1.82) is 0 Å². The van der Waals surface area contributed by atoms with Crippen molar-refractivity contribution in [2.45, 2.75) is 32.1 Å². The summed E-state index contributed by atoms with van der Waals surface area (Å²) in [6.45, 7) is 0. The first-order chi connectivity index (χ1) is 7.25. The van der Waals surface area contributed by atoms with Crippen LogP contribution in [0.1, 0.15) is 31.5 Å². The summed E-state index contributed by atoms with van der Waals surface area (Å²) in [7, 11) is 1.70. The van der Waals surface area contributed by atoms with Gasteiger partial charge in [0.1, 0.15) is 0 Å². The van der Waals surface area contributed by atoms with Crippen LogP contribution in [0.3, 0.4) is 0 Å². The van der Waals surface area contributed by atoms with E-state index in [9.17, 15) is 4.79 Å². The van der Waals surface area contributed by atoms with E-state index in [2.05, 4.69) is 15.4 Å². The molecule has 0 aromatic carbocycles. The highest BCUT2D eigenvalue weighted by atomic mass is 16.1. The van der Waals surface area contributed by atoms with Crippen molar-refractivity contribution in [1.82, 2.24) is 20.2 Å². The lowest BCUT2D eigenvalue weighted by Gasteiger charge is -2.09. The summed E-state index contributed by atoms with van der Waals surface area (Å²) in [5.41, 5.74) is 0.939. The van der Waals surface area contributed by atoms with Gasteiger partial charge in [-0.2, -0.15) is 4.80 Å². The molecule has 0 amide bonds. The molecule has 80 valence electrons. The van der Waals surface area contributed by atoms with Crippen LogP contribution in [0, 0.1) is 0 Å². The van der Waals surface area contributed by atoms with Crippen molar-refractivity contribution >= 4 is 5.78 Å². The van der Waals surface area contributed by atoms with Crippen LogP contribution >= 0.6 is 0 Å². The van der Waals surface area contributed by atoms with E-state index in [-0.39, 0.29) is 12.2 Å². The Morgan fingerprint density at radius 1 is 1.53 bits per heavy atom. The van der Waals surface area contributed by atoms with Crippen LogP contribution in [0.15, 0.2) is 11.6 Å². The van der Waals surface area contributed by atoms with Crippen molar-refractivity contribution in [2.75, 3.05) is 0 Å². The lowest BCUT2D eigenvalue weighted by molar-refractivity contribution is -0.115. The molecule has 0 saturated carbocycles. The fraction of sp³-hybridized carbons (Fsp3) is 0.600. The second-order valence-corrected chi connectivity index (χ2v) is 3.77. The smallest absolute Gasteiger partial charge is 0.182 e. The monoisotopic (exact) mass is 206 g/mol. The molecule has 0 bridgehead atoms. The number of carbonyl (C=O) groups is 1. The Kier molecular flexibility index (Phi) is 2.89. The van der Waals surface area contributed by atoms with Crippen molar-refractivity contribution < 1.29 is 4.79 Å². The number of ketones is 1. The number of hydrogen-bond donors (Lipinski definition) is 0. The van der Waals surface area contributed by atoms with E-state index in [4.69, 9.17) is 0 Å². The first-order valence-corrected chi connectivity index (χ1v) is 5.21. The second-order valence-electron chi connectivity index (χ2n) is 3.77. The fourth-order valence-corrected chi connectivity index (χ4v) is 1.74. The van der Waals surface area contributed by atoms with Gasteiger partial charge >= 0.3 is 0 Å². The van der Waals surface area contributed by atoms with Gasteiger partial charge in [0.05, 0.1) is 13.5 Å². The SMILES string of the molecule is Cn1nnc(CC(=O)C2=CCCCC2)n1. The summed E-state index contributed by atoms with van der Waals surface area (Å²) < 4.78 is 0. The quantitative estimate of drug-likeness (QED) is 0.734. The van der Waals surface area contributed by atoms with Gasteiger partial charge in [0.2, 0.25) is 0 Å². The zero-order valence-corrected chi connectivity index (χ0v) is 8.81. The highest BCUT2D eigenvalue weighted by Gasteiger charge is 2.14. The van der Waals surface area contributed by atoms with Gasteiger partial charge in [0.25, 0.3) is 0 Å². The van der Waals surface area contributed by atoms with Crippen molar-refractivity contribution in [3.8, 4) is 0 Å². The average molecular weight is 206 g/mol. The molecule has 1 aromatic rings. The van der Waals surface area contributed by atoms with E-state index in [0.29, 0.717) is 5.82 Å². The van der Waals surface area contributed by atoms with Crippen LogP contribution in [0.25, 0.3) is 0 Å². The minimum Gasteiger partial charge on any atom is -0.294 e. The van der Waals surface area contributed by atoms with Gasteiger partial charge in [-0.25, -0.2) is 0 Å². The van der Waals surface area contributed by atoms with Crippen molar-refractivity contribution in [3.63, 3.8) is 0 Å². The number of Topliss-reactive ketones (excluding diaryl/α,β-unsaturated/α-hetero) is 1. The van der Waals surface area contributed by atoms with E-state index in [1.54, 1.807) is 7.05 Å². The first kappa shape index (κ1) is 10.0. The predicted octanol–water partition coefficient (Wildman–Crippen LogP) is 0.822. The molecule has 2 rings (SSSR count). The topological polar surface area (TPSA) is 60.7 Å². The number of nitrogens with zero attached hydrogens (tertiary/aromatic N) is 4. The number of tetrazole rings is 1. The van der Waals surface area contributed by atoms with Crippen LogP contribution in [0.2, 0.25) is 0 Å². The maximum absolute atomic E-state index is 11.8.